The second-order valence-electron chi connectivity index (χ2n) is 3.97. The third-order valence-electron chi connectivity index (χ3n) is 2.56. The Labute approximate surface area is 95.1 Å². The molecule has 17 heavy (non-hydrogen) atoms. The second kappa shape index (κ2) is 4.61. The Bertz CT molecular complexity index is 380. The number of nitrogens with zero attached hydrogens (tertiary/aromatic N) is 2. The normalized spacial score (nSPS) is 25.4. The Hall–Kier alpha value is -1.15. The van der Waals surface area contributed by atoms with Crippen molar-refractivity contribution in [2.75, 3.05) is 13.2 Å². The molecule has 2 atom stereocenters. The highest BCUT2D eigenvalue weighted by atomic mass is 19.4. The molecule has 96 valence electrons. The molecule has 2 heterocycles. The summed E-state index contributed by atoms with van der Waals surface area (Å²) in [5.74, 6) is 0.0886. The number of hydrogen-bond donors (Lipinski definition) is 1. The number of nitrogens with two attached hydrogens (primary N) is 1. The zero-order valence-corrected chi connectivity index (χ0v) is 8.91. The van der Waals surface area contributed by atoms with Gasteiger partial charge in [0, 0.05) is 12.5 Å². The number of halogens is 3. The summed E-state index contributed by atoms with van der Waals surface area (Å²) in [7, 11) is 0. The molecule has 0 radical (unpaired) electrons. The first-order valence-corrected chi connectivity index (χ1v) is 5.18. The number of ether oxygens (including phenoxy) is 1. The summed E-state index contributed by atoms with van der Waals surface area (Å²) >= 11 is 0. The zero-order valence-electron chi connectivity index (χ0n) is 8.91. The van der Waals surface area contributed by atoms with E-state index < -0.39 is 12.6 Å². The Kier molecular flexibility index (Phi) is 3.34. The SMILES string of the molecule is NC1COCC1c1nc(CCC(F)(F)F)no1. The first kappa shape index (κ1) is 12.3. The van der Waals surface area contributed by atoms with E-state index in [1.54, 1.807) is 0 Å². The molecule has 0 bridgehead atoms. The van der Waals surface area contributed by atoms with Crippen molar-refractivity contribution in [2.24, 2.45) is 5.73 Å². The maximum atomic E-state index is 12.0. The quantitative estimate of drug-likeness (QED) is 0.867. The summed E-state index contributed by atoms with van der Waals surface area (Å²) in [6, 6.07) is -0.245. The largest absolute Gasteiger partial charge is 0.389 e. The first-order valence-electron chi connectivity index (χ1n) is 5.18. The molecule has 8 heteroatoms. The maximum Gasteiger partial charge on any atom is 0.389 e. The van der Waals surface area contributed by atoms with Crippen molar-refractivity contribution in [3.05, 3.63) is 11.7 Å². The molecule has 2 N–H and O–H groups in total. The highest BCUT2D eigenvalue weighted by Gasteiger charge is 2.32. The van der Waals surface area contributed by atoms with Crippen LogP contribution in [0.15, 0.2) is 4.52 Å². The Morgan fingerprint density at radius 1 is 1.35 bits per heavy atom. The van der Waals surface area contributed by atoms with E-state index in [1.807, 2.05) is 0 Å². The van der Waals surface area contributed by atoms with Gasteiger partial charge < -0.3 is 15.0 Å². The van der Waals surface area contributed by atoms with Gasteiger partial charge in [0.2, 0.25) is 5.89 Å². The molecule has 0 aromatic carbocycles. The van der Waals surface area contributed by atoms with Crippen molar-refractivity contribution in [3.8, 4) is 0 Å². The standard InChI is InChI=1S/C9H12F3N3O2/c10-9(11,12)2-1-7-14-8(17-15-7)5-3-16-4-6(5)13/h5-6H,1-4,13H2. The van der Waals surface area contributed by atoms with Crippen molar-refractivity contribution in [3.63, 3.8) is 0 Å². The van der Waals surface area contributed by atoms with Gasteiger partial charge in [-0.3, -0.25) is 0 Å². The van der Waals surface area contributed by atoms with Gasteiger partial charge >= 0.3 is 6.18 Å². The van der Waals surface area contributed by atoms with E-state index in [0.717, 1.165) is 0 Å². The van der Waals surface area contributed by atoms with Gasteiger partial charge in [-0.2, -0.15) is 18.2 Å². The average Bonchev–Trinajstić information content (AvgIpc) is 2.81. The lowest BCUT2D eigenvalue weighted by Crippen LogP contribution is -2.27. The van der Waals surface area contributed by atoms with Crippen molar-refractivity contribution >= 4 is 0 Å². The minimum absolute atomic E-state index is 0.0522. The van der Waals surface area contributed by atoms with Gasteiger partial charge in [-0.25, -0.2) is 0 Å². The monoisotopic (exact) mass is 251 g/mol. The van der Waals surface area contributed by atoms with Crippen LogP contribution in [-0.4, -0.2) is 35.6 Å². The number of alkyl halides is 3. The second-order valence-corrected chi connectivity index (χ2v) is 3.97. The van der Waals surface area contributed by atoms with Crippen molar-refractivity contribution < 1.29 is 22.4 Å². The molecule has 0 amide bonds. The lowest BCUT2D eigenvalue weighted by molar-refractivity contribution is -0.134. The van der Waals surface area contributed by atoms with Crippen LogP contribution in [0.25, 0.3) is 0 Å². The number of rotatable bonds is 3. The molecule has 0 saturated carbocycles. The highest BCUT2D eigenvalue weighted by Crippen LogP contribution is 2.24. The Balaban J connectivity index is 1.96. The fraction of sp³-hybridized carbons (Fsp3) is 0.778. The molecule has 1 aliphatic heterocycles. The molecule has 1 fully saturated rings. The van der Waals surface area contributed by atoms with Gasteiger partial charge in [0.1, 0.15) is 0 Å². The molecule has 1 aromatic heterocycles. The minimum Gasteiger partial charge on any atom is -0.379 e. The van der Waals surface area contributed by atoms with E-state index in [0.29, 0.717) is 13.2 Å². The summed E-state index contributed by atoms with van der Waals surface area (Å²) in [5, 5.41) is 3.50. The molecule has 0 aliphatic carbocycles. The summed E-state index contributed by atoms with van der Waals surface area (Å²) in [5.41, 5.74) is 5.73. The van der Waals surface area contributed by atoms with E-state index in [1.165, 1.54) is 0 Å². The van der Waals surface area contributed by atoms with Gasteiger partial charge in [-0.1, -0.05) is 5.16 Å². The van der Waals surface area contributed by atoms with Crippen molar-refractivity contribution in [2.45, 2.75) is 31.0 Å². The molecule has 5 nitrogen and oxygen atoms in total. The van der Waals surface area contributed by atoms with Crippen LogP contribution in [0.4, 0.5) is 13.2 Å². The summed E-state index contributed by atoms with van der Waals surface area (Å²) < 4.78 is 46.0. The summed E-state index contributed by atoms with van der Waals surface area (Å²) in [6.45, 7) is 0.757. The van der Waals surface area contributed by atoms with Gasteiger partial charge in [-0.05, 0) is 0 Å². The Morgan fingerprint density at radius 3 is 2.71 bits per heavy atom. The predicted octanol–water partition coefficient (Wildman–Crippen LogP) is 1.01. The third-order valence-corrected chi connectivity index (χ3v) is 2.56. The lowest BCUT2D eigenvalue weighted by atomic mass is 10.1. The molecule has 0 spiro atoms. The van der Waals surface area contributed by atoms with Crippen LogP contribution in [0.1, 0.15) is 24.1 Å². The molecular weight excluding hydrogens is 239 g/mol. The zero-order chi connectivity index (χ0) is 12.5. The topological polar surface area (TPSA) is 74.2 Å². The summed E-state index contributed by atoms with van der Waals surface area (Å²) in [6.07, 6.45) is -5.46. The average molecular weight is 251 g/mol. The van der Waals surface area contributed by atoms with Crippen LogP contribution < -0.4 is 5.73 Å². The van der Waals surface area contributed by atoms with Gasteiger partial charge in [0.25, 0.3) is 0 Å². The lowest BCUT2D eigenvalue weighted by Gasteiger charge is -2.06. The molecule has 2 rings (SSSR count). The van der Waals surface area contributed by atoms with E-state index in [2.05, 4.69) is 10.1 Å². The van der Waals surface area contributed by atoms with Crippen LogP contribution in [0.3, 0.4) is 0 Å². The molecule has 1 aliphatic rings. The third kappa shape index (κ3) is 3.16. The van der Waals surface area contributed by atoms with Gasteiger partial charge in [0.15, 0.2) is 5.82 Å². The molecular formula is C9H12F3N3O2. The summed E-state index contributed by atoms with van der Waals surface area (Å²) in [4.78, 5) is 3.91. The fourth-order valence-corrected chi connectivity index (χ4v) is 1.60. The smallest absolute Gasteiger partial charge is 0.379 e. The van der Waals surface area contributed by atoms with Crippen LogP contribution in [0.5, 0.6) is 0 Å². The van der Waals surface area contributed by atoms with Crippen LogP contribution in [-0.2, 0) is 11.2 Å². The highest BCUT2D eigenvalue weighted by molar-refractivity contribution is 5.01. The predicted molar refractivity (Wildman–Crippen MR) is 50.2 cm³/mol. The molecule has 2 unspecified atom stereocenters. The van der Waals surface area contributed by atoms with E-state index >= 15 is 0 Å². The number of aryl methyl sites for hydroxylation is 1. The first-order chi connectivity index (χ1) is 7.96. The molecule has 1 aromatic rings. The van der Waals surface area contributed by atoms with Crippen molar-refractivity contribution in [1.82, 2.24) is 10.1 Å². The van der Waals surface area contributed by atoms with Crippen LogP contribution in [0.2, 0.25) is 0 Å². The number of hydrogen-bond acceptors (Lipinski definition) is 5. The van der Waals surface area contributed by atoms with E-state index in [-0.39, 0.29) is 30.1 Å². The number of aromatic nitrogens is 2. The fourth-order valence-electron chi connectivity index (χ4n) is 1.60. The van der Waals surface area contributed by atoms with E-state index in [9.17, 15) is 13.2 Å². The minimum atomic E-state index is -4.21. The maximum absolute atomic E-state index is 12.0. The van der Waals surface area contributed by atoms with Crippen LogP contribution in [0, 0.1) is 0 Å². The van der Waals surface area contributed by atoms with Crippen LogP contribution >= 0.6 is 0 Å². The Morgan fingerprint density at radius 2 is 2.12 bits per heavy atom. The van der Waals surface area contributed by atoms with E-state index in [4.69, 9.17) is 15.0 Å². The van der Waals surface area contributed by atoms with Gasteiger partial charge in [0.05, 0.1) is 25.6 Å². The molecule has 1 saturated heterocycles. The van der Waals surface area contributed by atoms with Gasteiger partial charge in [-0.15, -0.1) is 0 Å². The van der Waals surface area contributed by atoms with Crippen molar-refractivity contribution in [1.29, 1.82) is 0 Å².